The van der Waals surface area contributed by atoms with Crippen LogP contribution in [0.3, 0.4) is 0 Å². The van der Waals surface area contributed by atoms with Crippen LogP contribution in [0.15, 0.2) is 30.5 Å². The molecule has 0 aliphatic carbocycles. The first-order chi connectivity index (χ1) is 26.6. The van der Waals surface area contributed by atoms with Gasteiger partial charge in [0, 0.05) is 36.7 Å². The summed E-state index contributed by atoms with van der Waals surface area (Å²) in [6, 6.07) is 4.98. The first-order valence-corrected chi connectivity index (χ1v) is 20.0. The van der Waals surface area contributed by atoms with Crippen LogP contribution in [0.5, 0.6) is 0 Å². The second-order valence-corrected chi connectivity index (χ2v) is 15.9. The summed E-state index contributed by atoms with van der Waals surface area (Å²) in [7, 11) is 1.30. The van der Waals surface area contributed by atoms with Crippen LogP contribution in [0, 0.1) is 5.41 Å². The lowest BCUT2D eigenvalue weighted by molar-refractivity contribution is -0.492. The number of hydrogen-bond acceptors (Lipinski definition) is 11. The van der Waals surface area contributed by atoms with Crippen LogP contribution < -0.4 is 16.0 Å². The molecule has 16 nitrogen and oxygen atoms in total. The Hall–Kier alpha value is -3.80. The van der Waals surface area contributed by atoms with Crippen molar-refractivity contribution in [2.45, 2.75) is 149 Å². The van der Waals surface area contributed by atoms with Crippen LogP contribution in [0.4, 0.5) is 9.59 Å². The molecule has 3 rings (SSSR count). The number of carbonyl (C=O) groups is 4. The number of ether oxygens (including phenoxy) is 3. The number of rotatable bonds is 22. The topological polar surface area (TPSA) is 193 Å². The molecule has 0 saturated carbocycles. The number of piperidine rings is 1. The highest BCUT2D eigenvalue weighted by Gasteiger charge is 2.35. The summed E-state index contributed by atoms with van der Waals surface area (Å²) < 4.78 is 18.1. The van der Waals surface area contributed by atoms with Crippen LogP contribution in [-0.2, 0) is 35.1 Å². The normalized spacial score (nSPS) is 17.7. The van der Waals surface area contributed by atoms with Gasteiger partial charge < -0.3 is 35.1 Å². The first-order valence-electron chi connectivity index (χ1n) is 20.0. The van der Waals surface area contributed by atoms with Crippen molar-refractivity contribution in [3.05, 3.63) is 36.0 Å². The number of urea groups is 1. The molecule has 1 aromatic carbocycles. The molecule has 0 radical (unpaired) electrons. The number of unbranched alkanes of at least 4 members (excludes halogenated alkanes) is 4. The maximum absolute atomic E-state index is 14.3. The molecule has 2 aromatic rings. The third kappa shape index (κ3) is 15.3. The molecule has 16 heteroatoms. The van der Waals surface area contributed by atoms with E-state index in [9.17, 15) is 19.2 Å². The van der Waals surface area contributed by atoms with E-state index in [0.717, 1.165) is 56.8 Å². The van der Waals surface area contributed by atoms with Crippen LogP contribution >= 0.6 is 0 Å². The Morgan fingerprint density at radius 1 is 0.911 bits per heavy atom. The van der Waals surface area contributed by atoms with Crippen molar-refractivity contribution in [1.29, 1.82) is 0 Å². The summed E-state index contributed by atoms with van der Waals surface area (Å²) in [4.78, 5) is 61.4. The van der Waals surface area contributed by atoms with E-state index in [1.54, 1.807) is 18.3 Å². The summed E-state index contributed by atoms with van der Waals surface area (Å²) >= 11 is 0. The second-order valence-electron chi connectivity index (χ2n) is 15.9. The van der Waals surface area contributed by atoms with Gasteiger partial charge in [-0.25, -0.2) is 9.59 Å². The number of nitrogens with zero attached hydrogens (tertiary/aromatic N) is 3. The number of para-hydroxylation sites is 1. The molecule has 1 fully saturated rings. The van der Waals surface area contributed by atoms with Crippen molar-refractivity contribution in [1.82, 2.24) is 30.8 Å². The lowest BCUT2D eigenvalue weighted by Gasteiger charge is -2.40. The molecule has 1 aliphatic heterocycles. The molecule has 5 N–H and O–H groups in total. The SMILES string of the molecule is CCCC[C@@H](NC(=O)C(Cc1cn(C(=O)OC)c2ccccc12)NC(=O)C(CC(C)(C)C)NC(=O)N1C(C)CCCC1C)OCOCCCCCCON(O)O. The minimum Gasteiger partial charge on any atom is -0.452 e. The van der Waals surface area contributed by atoms with Gasteiger partial charge in [0.2, 0.25) is 11.8 Å². The molecule has 1 aliphatic rings. The third-order valence-electron chi connectivity index (χ3n) is 9.95. The van der Waals surface area contributed by atoms with E-state index in [-0.39, 0.29) is 48.7 Å². The number of benzene rings is 1. The fraction of sp³-hybridized carbons (Fsp3) is 0.700. The standard InChI is InChI=1S/C40H66N6O10/c1-8-9-21-35(55-27-54-22-14-10-11-15-23-56-46(51)52)43-36(47)32(24-30-26-44(39(50)53-7)34-20-13-12-19-31(30)34)41-37(48)33(25-40(4,5)6)42-38(49)45-28(2)17-16-18-29(45)3/h12-13,19-20,26,28-29,32-33,35,51-52H,8-11,14-18,21-25,27H2,1-7H3,(H,41,48)(H,42,49)(H,43,47)/t28?,29?,32?,33?,35-/m0/s1. The Kier molecular flexibility index (Phi) is 19.5. The highest BCUT2D eigenvalue weighted by Crippen LogP contribution is 2.26. The highest BCUT2D eigenvalue weighted by atomic mass is 17.1. The lowest BCUT2D eigenvalue weighted by Crippen LogP contribution is -2.59. The van der Waals surface area contributed by atoms with Crippen LogP contribution in [0.1, 0.15) is 118 Å². The number of carbonyl (C=O) groups excluding carboxylic acids is 4. The van der Waals surface area contributed by atoms with Gasteiger partial charge >= 0.3 is 12.1 Å². The second kappa shape index (κ2) is 23.4. The largest absolute Gasteiger partial charge is 0.452 e. The van der Waals surface area contributed by atoms with Crippen LogP contribution in [-0.4, -0.2) is 107 Å². The minimum atomic E-state index is -1.10. The fourth-order valence-corrected chi connectivity index (χ4v) is 7.07. The molecule has 316 valence electrons. The molecule has 4 unspecified atom stereocenters. The molecule has 1 aromatic heterocycles. The molecule has 1 saturated heterocycles. The van der Waals surface area contributed by atoms with Crippen molar-refractivity contribution < 1.29 is 48.6 Å². The first kappa shape index (κ1) is 46.6. The van der Waals surface area contributed by atoms with E-state index in [1.165, 1.54) is 11.7 Å². The van der Waals surface area contributed by atoms with Gasteiger partial charge in [0.15, 0.2) is 0 Å². The number of methoxy groups -OCH3 is 1. The summed E-state index contributed by atoms with van der Waals surface area (Å²) in [5, 5.41) is 26.6. The molecule has 0 bridgehead atoms. The number of amides is 4. The van der Waals surface area contributed by atoms with Gasteiger partial charge in [0.1, 0.15) is 25.1 Å². The van der Waals surface area contributed by atoms with Crippen molar-refractivity contribution in [2.24, 2.45) is 5.41 Å². The van der Waals surface area contributed by atoms with Gasteiger partial charge in [0.05, 0.1) is 24.6 Å². The molecule has 4 amide bonds. The number of fused-ring (bicyclic) bond motifs is 1. The Morgan fingerprint density at radius 2 is 1.57 bits per heavy atom. The van der Waals surface area contributed by atoms with Crippen LogP contribution in [0.2, 0.25) is 0 Å². The molecular weight excluding hydrogens is 724 g/mol. The number of hydrogen-bond donors (Lipinski definition) is 5. The summed E-state index contributed by atoms with van der Waals surface area (Å²) in [5.74, 6) is -0.978. The average molecular weight is 791 g/mol. The maximum atomic E-state index is 14.3. The van der Waals surface area contributed by atoms with Gasteiger partial charge in [-0.3, -0.25) is 29.4 Å². The quantitative estimate of drug-likeness (QED) is 0.0514. The predicted molar refractivity (Wildman–Crippen MR) is 210 cm³/mol. The van der Waals surface area contributed by atoms with Gasteiger partial charge in [-0.1, -0.05) is 65.2 Å². The highest BCUT2D eigenvalue weighted by molar-refractivity contribution is 5.95. The van der Waals surface area contributed by atoms with Crippen molar-refractivity contribution in [3.8, 4) is 0 Å². The minimum absolute atomic E-state index is 0.0265. The average Bonchev–Trinajstić information content (AvgIpc) is 3.50. The lowest BCUT2D eigenvalue weighted by atomic mass is 9.87. The predicted octanol–water partition coefficient (Wildman–Crippen LogP) is 6.26. The zero-order valence-electron chi connectivity index (χ0n) is 34.4. The number of nitrogens with one attached hydrogen (secondary N) is 3. The van der Waals surface area contributed by atoms with Crippen molar-refractivity contribution in [3.63, 3.8) is 0 Å². The number of likely N-dealkylation sites (tertiary alicyclic amines) is 1. The zero-order valence-corrected chi connectivity index (χ0v) is 34.4. The van der Waals surface area contributed by atoms with E-state index in [0.29, 0.717) is 36.9 Å². The molecule has 56 heavy (non-hydrogen) atoms. The zero-order chi connectivity index (χ0) is 41.3. The van der Waals surface area contributed by atoms with Crippen LogP contribution in [0.25, 0.3) is 10.9 Å². The van der Waals surface area contributed by atoms with E-state index >= 15 is 0 Å². The van der Waals surface area contributed by atoms with E-state index in [1.807, 2.05) is 58.6 Å². The fourth-order valence-electron chi connectivity index (χ4n) is 7.07. The van der Waals surface area contributed by atoms with Gasteiger partial charge in [-0.05, 0) is 82.3 Å². The van der Waals surface area contributed by atoms with Crippen molar-refractivity contribution >= 4 is 34.8 Å². The Balaban J connectivity index is 1.82. The maximum Gasteiger partial charge on any atom is 0.418 e. The third-order valence-corrected chi connectivity index (χ3v) is 9.95. The molecule has 2 heterocycles. The summed E-state index contributed by atoms with van der Waals surface area (Å²) in [6.07, 6.45) is 8.70. The molecular formula is C40H66N6O10. The Morgan fingerprint density at radius 3 is 2.21 bits per heavy atom. The van der Waals surface area contributed by atoms with Gasteiger partial charge in [-0.15, -0.1) is 0 Å². The van der Waals surface area contributed by atoms with E-state index in [4.69, 9.17) is 24.6 Å². The monoisotopic (exact) mass is 790 g/mol. The van der Waals surface area contributed by atoms with E-state index < -0.39 is 36.2 Å². The van der Waals surface area contributed by atoms with E-state index in [2.05, 4.69) is 20.8 Å². The van der Waals surface area contributed by atoms with Gasteiger partial charge in [0.25, 0.3) is 0 Å². The van der Waals surface area contributed by atoms with Gasteiger partial charge in [-0.2, -0.15) is 0 Å². The smallest absolute Gasteiger partial charge is 0.418 e. The Labute approximate surface area is 331 Å². The number of aromatic nitrogens is 1. The molecule has 0 spiro atoms. The summed E-state index contributed by atoms with van der Waals surface area (Å²) in [5.41, 5.74) is 0.902. The Bertz CT molecular complexity index is 1520. The summed E-state index contributed by atoms with van der Waals surface area (Å²) in [6.45, 7) is 12.6. The molecule has 5 atom stereocenters. The van der Waals surface area contributed by atoms with Crippen molar-refractivity contribution in [2.75, 3.05) is 27.1 Å².